The first-order chi connectivity index (χ1) is 7.40. The van der Waals surface area contributed by atoms with Crippen LogP contribution >= 0.6 is 0 Å². The zero-order valence-corrected chi connectivity index (χ0v) is 8.83. The molecule has 3 nitrogen and oxygen atoms in total. The van der Waals surface area contributed by atoms with E-state index in [0.29, 0.717) is 12.2 Å². The van der Waals surface area contributed by atoms with Crippen LogP contribution in [-0.2, 0) is 6.54 Å². The van der Waals surface area contributed by atoms with Crippen molar-refractivity contribution >= 4 is 0 Å². The first-order valence-corrected chi connectivity index (χ1v) is 4.83. The average Bonchev–Trinajstić information content (AvgIpc) is 2.18. The predicted octanol–water partition coefficient (Wildman–Crippen LogP) is 2.17. The Balaban J connectivity index is 2.60. The molecular formula is C10H13F3N2O. The SMILES string of the molecule is CCN(Cc1ccc(O)cn1)CC(F)(F)F. The molecule has 1 N–H and O–H groups in total. The molecule has 0 atom stereocenters. The Morgan fingerprint density at radius 3 is 2.50 bits per heavy atom. The highest BCUT2D eigenvalue weighted by Crippen LogP contribution is 2.17. The Bertz CT molecular complexity index is 324. The van der Waals surface area contributed by atoms with Crippen LogP contribution in [0, 0.1) is 0 Å². The number of aromatic hydroxyl groups is 1. The first kappa shape index (κ1) is 12.8. The molecule has 1 rings (SSSR count). The van der Waals surface area contributed by atoms with E-state index in [9.17, 15) is 13.2 Å². The summed E-state index contributed by atoms with van der Waals surface area (Å²) in [7, 11) is 0. The maximum atomic E-state index is 12.2. The van der Waals surface area contributed by atoms with Gasteiger partial charge in [-0.15, -0.1) is 0 Å². The van der Waals surface area contributed by atoms with E-state index in [0.717, 1.165) is 0 Å². The zero-order chi connectivity index (χ0) is 12.2. The monoisotopic (exact) mass is 234 g/mol. The van der Waals surface area contributed by atoms with Gasteiger partial charge in [-0.05, 0) is 18.7 Å². The van der Waals surface area contributed by atoms with Crippen molar-refractivity contribution in [1.82, 2.24) is 9.88 Å². The minimum atomic E-state index is -4.20. The third-order valence-corrected chi connectivity index (χ3v) is 2.04. The highest BCUT2D eigenvalue weighted by Gasteiger charge is 2.30. The largest absolute Gasteiger partial charge is 0.506 e. The second-order valence-corrected chi connectivity index (χ2v) is 3.43. The molecule has 0 fully saturated rings. The van der Waals surface area contributed by atoms with Crippen LogP contribution < -0.4 is 0 Å². The molecule has 0 spiro atoms. The van der Waals surface area contributed by atoms with E-state index in [1.165, 1.54) is 23.2 Å². The van der Waals surface area contributed by atoms with Gasteiger partial charge in [-0.2, -0.15) is 13.2 Å². The van der Waals surface area contributed by atoms with Crippen molar-refractivity contribution in [2.75, 3.05) is 13.1 Å². The minimum Gasteiger partial charge on any atom is -0.506 e. The number of hydrogen-bond acceptors (Lipinski definition) is 3. The number of alkyl halides is 3. The van der Waals surface area contributed by atoms with Crippen LogP contribution in [0.3, 0.4) is 0 Å². The lowest BCUT2D eigenvalue weighted by atomic mass is 10.3. The van der Waals surface area contributed by atoms with Gasteiger partial charge in [-0.1, -0.05) is 6.92 Å². The van der Waals surface area contributed by atoms with Gasteiger partial charge in [-0.3, -0.25) is 9.88 Å². The van der Waals surface area contributed by atoms with Crippen molar-refractivity contribution in [3.05, 3.63) is 24.0 Å². The molecule has 0 bridgehead atoms. The summed E-state index contributed by atoms with van der Waals surface area (Å²) in [4.78, 5) is 5.07. The average molecular weight is 234 g/mol. The Kier molecular flexibility index (Phi) is 4.12. The second-order valence-electron chi connectivity index (χ2n) is 3.43. The normalized spacial score (nSPS) is 12.1. The molecule has 0 aliphatic rings. The van der Waals surface area contributed by atoms with Crippen LogP contribution in [0.4, 0.5) is 13.2 Å². The van der Waals surface area contributed by atoms with Gasteiger partial charge in [0.05, 0.1) is 18.4 Å². The molecule has 0 aromatic carbocycles. The van der Waals surface area contributed by atoms with Crippen molar-refractivity contribution in [2.24, 2.45) is 0 Å². The Labute approximate surface area is 91.5 Å². The fourth-order valence-corrected chi connectivity index (χ4v) is 1.27. The molecule has 6 heteroatoms. The third-order valence-electron chi connectivity index (χ3n) is 2.04. The molecule has 0 unspecified atom stereocenters. The van der Waals surface area contributed by atoms with Gasteiger partial charge < -0.3 is 5.11 Å². The Morgan fingerprint density at radius 2 is 2.06 bits per heavy atom. The van der Waals surface area contributed by atoms with Crippen molar-refractivity contribution in [1.29, 1.82) is 0 Å². The molecular weight excluding hydrogens is 221 g/mol. The number of hydrogen-bond donors (Lipinski definition) is 1. The lowest BCUT2D eigenvalue weighted by Gasteiger charge is -2.21. The molecule has 0 aliphatic carbocycles. The van der Waals surface area contributed by atoms with E-state index in [1.54, 1.807) is 6.92 Å². The molecule has 0 saturated heterocycles. The summed E-state index contributed by atoms with van der Waals surface area (Å²) in [6, 6.07) is 2.91. The molecule has 90 valence electrons. The van der Waals surface area contributed by atoms with Gasteiger partial charge in [0.25, 0.3) is 0 Å². The molecule has 16 heavy (non-hydrogen) atoms. The van der Waals surface area contributed by atoms with Crippen molar-refractivity contribution < 1.29 is 18.3 Å². The predicted molar refractivity (Wildman–Crippen MR) is 52.9 cm³/mol. The van der Waals surface area contributed by atoms with E-state index in [2.05, 4.69) is 4.98 Å². The highest BCUT2D eigenvalue weighted by atomic mass is 19.4. The smallest absolute Gasteiger partial charge is 0.401 e. The lowest BCUT2D eigenvalue weighted by molar-refractivity contribution is -0.146. The molecule has 0 saturated carbocycles. The number of pyridine rings is 1. The third kappa shape index (κ3) is 4.48. The summed E-state index contributed by atoms with van der Waals surface area (Å²) in [6.45, 7) is 1.12. The molecule has 1 heterocycles. The molecule has 0 aliphatic heterocycles. The number of halogens is 3. The van der Waals surface area contributed by atoms with E-state index in [-0.39, 0.29) is 12.3 Å². The van der Waals surface area contributed by atoms with E-state index >= 15 is 0 Å². The standard InChI is InChI=1S/C10H13F3N2O/c1-2-15(7-10(11,12)13)6-8-3-4-9(16)5-14-8/h3-5,16H,2,6-7H2,1H3. The van der Waals surface area contributed by atoms with E-state index < -0.39 is 12.7 Å². The van der Waals surface area contributed by atoms with Gasteiger partial charge >= 0.3 is 6.18 Å². The van der Waals surface area contributed by atoms with Crippen LogP contribution in [-0.4, -0.2) is 34.3 Å². The van der Waals surface area contributed by atoms with Gasteiger partial charge in [0, 0.05) is 6.54 Å². The number of rotatable bonds is 4. The molecule has 0 radical (unpaired) electrons. The quantitative estimate of drug-likeness (QED) is 0.867. The summed E-state index contributed by atoms with van der Waals surface area (Å²) < 4.78 is 36.5. The van der Waals surface area contributed by atoms with Gasteiger partial charge in [0.15, 0.2) is 0 Å². The van der Waals surface area contributed by atoms with Crippen LogP contribution in [0.5, 0.6) is 5.75 Å². The van der Waals surface area contributed by atoms with Crippen LogP contribution in [0.15, 0.2) is 18.3 Å². The fraction of sp³-hybridized carbons (Fsp3) is 0.500. The summed E-state index contributed by atoms with van der Waals surface area (Å²) in [5, 5.41) is 8.98. The van der Waals surface area contributed by atoms with Gasteiger partial charge in [0.1, 0.15) is 5.75 Å². The van der Waals surface area contributed by atoms with Gasteiger partial charge in [0.2, 0.25) is 0 Å². The Hall–Kier alpha value is -1.30. The van der Waals surface area contributed by atoms with Crippen LogP contribution in [0.25, 0.3) is 0 Å². The fourth-order valence-electron chi connectivity index (χ4n) is 1.27. The summed E-state index contributed by atoms with van der Waals surface area (Å²) in [6.07, 6.45) is -2.98. The van der Waals surface area contributed by atoms with E-state index in [4.69, 9.17) is 5.11 Å². The Morgan fingerprint density at radius 1 is 1.38 bits per heavy atom. The molecule has 0 amide bonds. The minimum absolute atomic E-state index is 0.00243. The van der Waals surface area contributed by atoms with Crippen molar-refractivity contribution in [3.8, 4) is 5.75 Å². The highest BCUT2D eigenvalue weighted by molar-refractivity contribution is 5.17. The van der Waals surface area contributed by atoms with Crippen LogP contribution in [0.2, 0.25) is 0 Å². The number of nitrogens with zero attached hydrogens (tertiary/aromatic N) is 2. The van der Waals surface area contributed by atoms with Crippen LogP contribution in [0.1, 0.15) is 12.6 Å². The zero-order valence-electron chi connectivity index (χ0n) is 8.83. The summed E-state index contributed by atoms with van der Waals surface area (Å²) in [5.41, 5.74) is 0.504. The maximum Gasteiger partial charge on any atom is 0.401 e. The van der Waals surface area contributed by atoms with Gasteiger partial charge in [-0.25, -0.2) is 0 Å². The van der Waals surface area contributed by atoms with Crippen molar-refractivity contribution in [2.45, 2.75) is 19.6 Å². The first-order valence-electron chi connectivity index (χ1n) is 4.83. The molecule has 1 aromatic heterocycles. The second kappa shape index (κ2) is 5.16. The lowest BCUT2D eigenvalue weighted by Crippen LogP contribution is -2.33. The van der Waals surface area contributed by atoms with Crippen molar-refractivity contribution in [3.63, 3.8) is 0 Å². The molecule has 1 aromatic rings. The topological polar surface area (TPSA) is 36.4 Å². The van der Waals surface area contributed by atoms with E-state index in [1.807, 2.05) is 0 Å². The maximum absolute atomic E-state index is 12.2. The summed E-state index contributed by atoms with van der Waals surface area (Å²) >= 11 is 0. The summed E-state index contributed by atoms with van der Waals surface area (Å²) in [5.74, 6) is 0.00243. The number of aromatic nitrogens is 1.